The lowest BCUT2D eigenvalue weighted by Crippen LogP contribution is -2.34. The molecule has 19 heavy (non-hydrogen) atoms. The number of methoxy groups -OCH3 is 1. The third-order valence-electron chi connectivity index (χ3n) is 4.32. The van der Waals surface area contributed by atoms with Gasteiger partial charge in [0.05, 0.1) is 6.61 Å². The molecule has 0 heterocycles. The SMILES string of the molecule is COCc1ccc(CNC(C)C2CCCCC2)cc1. The van der Waals surface area contributed by atoms with Gasteiger partial charge in [-0.3, -0.25) is 0 Å². The predicted octanol–water partition coefficient (Wildman–Crippen LogP) is 3.89. The fourth-order valence-electron chi connectivity index (χ4n) is 3.00. The molecule has 1 atom stereocenters. The average Bonchev–Trinajstić information content (AvgIpc) is 2.47. The van der Waals surface area contributed by atoms with Gasteiger partial charge in [-0.15, -0.1) is 0 Å². The van der Waals surface area contributed by atoms with Crippen molar-refractivity contribution in [2.45, 2.75) is 58.2 Å². The van der Waals surface area contributed by atoms with Gasteiger partial charge in [-0.05, 0) is 36.8 Å². The van der Waals surface area contributed by atoms with Crippen LogP contribution in [0.25, 0.3) is 0 Å². The van der Waals surface area contributed by atoms with Crippen LogP contribution in [0.2, 0.25) is 0 Å². The molecule has 0 amide bonds. The summed E-state index contributed by atoms with van der Waals surface area (Å²) in [7, 11) is 1.74. The van der Waals surface area contributed by atoms with Crippen molar-refractivity contribution in [2.24, 2.45) is 5.92 Å². The maximum Gasteiger partial charge on any atom is 0.0713 e. The first-order valence-electron chi connectivity index (χ1n) is 7.59. The minimum atomic E-state index is 0.638. The van der Waals surface area contributed by atoms with Crippen LogP contribution in [0, 0.1) is 5.92 Å². The summed E-state index contributed by atoms with van der Waals surface area (Å²) in [5.74, 6) is 0.876. The smallest absolute Gasteiger partial charge is 0.0713 e. The minimum Gasteiger partial charge on any atom is -0.380 e. The Bertz CT molecular complexity index is 354. The topological polar surface area (TPSA) is 21.3 Å². The Balaban J connectivity index is 1.77. The van der Waals surface area contributed by atoms with Crippen molar-refractivity contribution in [3.05, 3.63) is 35.4 Å². The van der Waals surface area contributed by atoms with Crippen molar-refractivity contribution in [1.29, 1.82) is 0 Å². The number of nitrogens with one attached hydrogen (secondary N) is 1. The summed E-state index contributed by atoms with van der Waals surface area (Å²) in [4.78, 5) is 0. The number of benzene rings is 1. The molecule has 0 aliphatic heterocycles. The van der Waals surface area contributed by atoms with Gasteiger partial charge in [0.25, 0.3) is 0 Å². The van der Waals surface area contributed by atoms with E-state index >= 15 is 0 Å². The van der Waals surface area contributed by atoms with Crippen molar-refractivity contribution in [3.63, 3.8) is 0 Å². The van der Waals surface area contributed by atoms with Gasteiger partial charge in [-0.2, -0.15) is 0 Å². The first kappa shape index (κ1) is 14.5. The molecule has 1 aromatic rings. The Morgan fingerprint density at radius 2 is 1.74 bits per heavy atom. The van der Waals surface area contributed by atoms with Crippen LogP contribution < -0.4 is 5.32 Å². The molecule has 1 unspecified atom stereocenters. The lowest BCUT2D eigenvalue weighted by molar-refractivity contribution is 0.185. The largest absolute Gasteiger partial charge is 0.380 e. The van der Waals surface area contributed by atoms with Crippen LogP contribution in [-0.2, 0) is 17.9 Å². The molecule has 0 saturated heterocycles. The highest BCUT2D eigenvalue weighted by molar-refractivity contribution is 5.21. The lowest BCUT2D eigenvalue weighted by Gasteiger charge is -2.28. The van der Waals surface area contributed by atoms with E-state index in [0.717, 1.165) is 12.5 Å². The monoisotopic (exact) mass is 261 g/mol. The summed E-state index contributed by atoms with van der Waals surface area (Å²) in [6, 6.07) is 9.36. The van der Waals surface area contributed by atoms with Gasteiger partial charge < -0.3 is 10.1 Å². The van der Waals surface area contributed by atoms with Crippen molar-refractivity contribution in [2.75, 3.05) is 7.11 Å². The fraction of sp³-hybridized carbons (Fsp3) is 0.647. The van der Waals surface area contributed by atoms with Crippen LogP contribution in [0.15, 0.2) is 24.3 Å². The molecule has 0 bridgehead atoms. The van der Waals surface area contributed by atoms with Gasteiger partial charge in [-0.25, -0.2) is 0 Å². The molecular weight excluding hydrogens is 234 g/mol. The lowest BCUT2D eigenvalue weighted by atomic mass is 9.84. The second-order valence-corrected chi connectivity index (χ2v) is 5.82. The van der Waals surface area contributed by atoms with E-state index in [1.54, 1.807) is 7.11 Å². The second-order valence-electron chi connectivity index (χ2n) is 5.82. The van der Waals surface area contributed by atoms with Crippen LogP contribution in [0.1, 0.15) is 50.2 Å². The number of rotatable bonds is 6. The summed E-state index contributed by atoms with van der Waals surface area (Å²) in [6.07, 6.45) is 7.08. The summed E-state index contributed by atoms with van der Waals surface area (Å²) in [5, 5.41) is 3.69. The highest BCUT2D eigenvalue weighted by atomic mass is 16.5. The first-order valence-corrected chi connectivity index (χ1v) is 7.59. The van der Waals surface area contributed by atoms with E-state index < -0.39 is 0 Å². The summed E-state index contributed by atoms with van der Waals surface area (Å²) >= 11 is 0. The van der Waals surface area contributed by atoms with E-state index in [1.807, 2.05) is 0 Å². The molecule has 1 saturated carbocycles. The molecule has 1 aliphatic rings. The molecule has 2 rings (SSSR count). The van der Waals surface area contributed by atoms with E-state index in [-0.39, 0.29) is 0 Å². The molecule has 2 heteroatoms. The van der Waals surface area contributed by atoms with Gasteiger partial charge in [0, 0.05) is 19.7 Å². The van der Waals surface area contributed by atoms with Crippen LogP contribution in [-0.4, -0.2) is 13.2 Å². The third-order valence-corrected chi connectivity index (χ3v) is 4.32. The summed E-state index contributed by atoms with van der Waals surface area (Å²) < 4.78 is 5.13. The maximum absolute atomic E-state index is 5.13. The average molecular weight is 261 g/mol. The predicted molar refractivity (Wildman–Crippen MR) is 80.0 cm³/mol. The van der Waals surface area contributed by atoms with E-state index in [2.05, 4.69) is 36.5 Å². The van der Waals surface area contributed by atoms with Crippen LogP contribution in [0.4, 0.5) is 0 Å². The Labute approximate surface area is 117 Å². The molecule has 0 spiro atoms. The van der Waals surface area contributed by atoms with Crippen molar-refractivity contribution in [3.8, 4) is 0 Å². The molecule has 1 fully saturated rings. The number of hydrogen-bond acceptors (Lipinski definition) is 2. The van der Waals surface area contributed by atoms with Crippen LogP contribution in [0.3, 0.4) is 0 Å². The van der Waals surface area contributed by atoms with Gasteiger partial charge in [0.2, 0.25) is 0 Å². The number of hydrogen-bond donors (Lipinski definition) is 1. The zero-order chi connectivity index (χ0) is 13.5. The van der Waals surface area contributed by atoms with Gasteiger partial charge >= 0.3 is 0 Å². The van der Waals surface area contributed by atoms with E-state index in [4.69, 9.17) is 4.74 Å². The molecule has 0 aromatic heterocycles. The zero-order valence-electron chi connectivity index (χ0n) is 12.3. The maximum atomic E-state index is 5.13. The van der Waals surface area contributed by atoms with E-state index in [0.29, 0.717) is 12.6 Å². The van der Waals surface area contributed by atoms with Crippen molar-refractivity contribution in [1.82, 2.24) is 5.32 Å². The van der Waals surface area contributed by atoms with Gasteiger partial charge in [-0.1, -0.05) is 43.5 Å². The fourth-order valence-corrected chi connectivity index (χ4v) is 3.00. The molecule has 106 valence electrons. The number of ether oxygens (including phenoxy) is 1. The summed E-state index contributed by atoms with van der Waals surface area (Å²) in [6.45, 7) is 4.02. The third kappa shape index (κ3) is 4.63. The Hall–Kier alpha value is -0.860. The molecule has 2 nitrogen and oxygen atoms in total. The second kappa shape index (κ2) is 7.66. The molecule has 1 aliphatic carbocycles. The van der Waals surface area contributed by atoms with Crippen molar-refractivity contribution < 1.29 is 4.74 Å². The first-order chi connectivity index (χ1) is 9.29. The molecule has 1 aromatic carbocycles. The quantitative estimate of drug-likeness (QED) is 0.838. The highest BCUT2D eigenvalue weighted by Gasteiger charge is 2.19. The Morgan fingerprint density at radius 1 is 1.11 bits per heavy atom. The van der Waals surface area contributed by atoms with Gasteiger partial charge in [0.1, 0.15) is 0 Å². The zero-order valence-corrected chi connectivity index (χ0v) is 12.3. The minimum absolute atomic E-state index is 0.638. The summed E-state index contributed by atoms with van der Waals surface area (Å²) in [5.41, 5.74) is 2.61. The van der Waals surface area contributed by atoms with Crippen LogP contribution in [0.5, 0.6) is 0 Å². The highest BCUT2D eigenvalue weighted by Crippen LogP contribution is 2.26. The van der Waals surface area contributed by atoms with Crippen LogP contribution >= 0.6 is 0 Å². The van der Waals surface area contributed by atoms with Gasteiger partial charge in [0.15, 0.2) is 0 Å². The normalized spacial score (nSPS) is 18.4. The molecule has 0 radical (unpaired) electrons. The van der Waals surface area contributed by atoms with Crippen molar-refractivity contribution >= 4 is 0 Å². The molecular formula is C17H27NO. The molecule has 1 N–H and O–H groups in total. The van der Waals surface area contributed by atoms with E-state index in [1.165, 1.54) is 43.2 Å². The standard InChI is InChI=1S/C17H27NO/c1-14(17-6-4-3-5-7-17)18-12-15-8-10-16(11-9-15)13-19-2/h8-11,14,17-18H,3-7,12-13H2,1-2H3. The van der Waals surface area contributed by atoms with E-state index in [9.17, 15) is 0 Å². The Kier molecular flexibility index (Phi) is 5.87. The Morgan fingerprint density at radius 3 is 2.37 bits per heavy atom.